The Morgan fingerprint density at radius 3 is 2.13 bits per heavy atom. The molecule has 0 spiro atoms. The lowest BCUT2D eigenvalue weighted by Gasteiger charge is -2.55. The summed E-state index contributed by atoms with van der Waals surface area (Å²) in [5, 5.41) is 3.46. The molecule has 4 bridgehead atoms. The van der Waals surface area contributed by atoms with E-state index in [0.717, 1.165) is 17.9 Å². The molecule has 1 saturated heterocycles. The first kappa shape index (κ1) is 20.2. The van der Waals surface area contributed by atoms with E-state index in [1.165, 1.54) is 44.2 Å². The average Bonchev–Trinajstić information content (AvgIpc) is 2.70. The highest BCUT2D eigenvalue weighted by Crippen LogP contribution is 2.53. The number of carbonyl (C=O) groups excluding carboxylic acids is 1. The zero-order chi connectivity index (χ0) is 21.0. The fourth-order valence-corrected chi connectivity index (χ4v) is 6.88. The third-order valence-corrected chi connectivity index (χ3v) is 8.40. The van der Waals surface area contributed by atoms with E-state index in [0.29, 0.717) is 49.7 Å². The molecule has 1 N–H and O–H groups in total. The standard InChI is InChI=1S/C24H33F2N3O/c1-24(2,23(30)27-22-17-10-15-9-16(12-17)13-18(22)11-15)29-7-5-28(6-8-29)21-4-3-19(25)14-20(21)26/h3-4,14-18,22H,5-13H2,1-2H3,(H,27,30). The lowest BCUT2D eigenvalue weighted by molar-refractivity contribution is -0.136. The van der Waals surface area contributed by atoms with Crippen LogP contribution in [-0.4, -0.2) is 48.6 Å². The van der Waals surface area contributed by atoms with Crippen LogP contribution in [0.5, 0.6) is 0 Å². The van der Waals surface area contributed by atoms with Crippen molar-refractivity contribution in [1.82, 2.24) is 10.2 Å². The van der Waals surface area contributed by atoms with Gasteiger partial charge >= 0.3 is 0 Å². The maximum Gasteiger partial charge on any atom is 0.240 e. The topological polar surface area (TPSA) is 35.6 Å². The maximum atomic E-state index is 14.1. The summed E-state index contributed by atoms with van der Waals surface area (Å²) in [5.41, 5.74) is -0.158. The third-order valence-electron chi connectivity index (χ3n) is 8.40. The van der Waals surface area contributed by atoms with Crippen LogP contribution in [0.3, 0.4) is 0 Å². The molecule has 5 aliphatic rings. The van der Waals surface area contributed by atoms with Crippen molar-refractivity contribution >= 4 is 11.6 Å². The number of benzene rings is 1. The van der Waals surface area contributed by atoms with E-state index in [2.05, 4.69) is 10.2 Å². The van der Waals surface area contributed by atoms with Crippen molar-refractivity contribution in [1.29, 1.82) is 0 Å². The molecule has 4 nitrogen and oxygen atoms in total. The first-order valence-electron chi connectivity index (χ1n) is 11.6. The summed E-state index contributed by atoms with van der Waals surface area (Å²) in [5.74, 6) is 2.17. The number of hydrogen-bond acceptors (Lipinski definition) is 3. The van der Waals surface area contributed by atoms with Crippen LogP contribution in [0, 0.1) is 35.3 Å². The van der Waals surface area contributed by atoms with Gasteiger partial charge in [-0.2, -0.15) is 0 Å². The molecule has 4 saturated carbocycles. The number of piperazine rings is 1. The van der Waals surface area contributed by atoms with Gasteiger partial charge in [0.15, 0.2) is 0 Å². The third kappa shape index (κ3) is 3.51. The van der Waals surface area contributed by atoms with Crippen LogP contribution in [0.4, 0.5) is 14.5 Å². The molecule has 1 aliphatic heterocycles. The summed E-state index contributed by atoms with van der Waals surface area (Å²) in [7, 11) is 0. The van der Waals surface area contributed by atoms with Crippen LogP contribution in [0.15, 0.2) is 18.2 Å². The lowest BCUT2D eigenvalue weighted by atomic mass is 9.54. The summed E-state index contributed by atoms with van der Waals surface area (Å²) in [6.07, 6.45) is 6.58. The second-order valence-corrected chi connectivity index (χ2v) is 10.6. The van der Waals surface area contributed by atoms with Gasteiger partial charge in [0.1, 0.15) is 11.6 Å². The van der Waals surface area contributed by atoms with Gasteiger partial charge in [-0.25, -0.2) is 8.78 Å². The Kier molecular flexibility index (Phi) is 5.04. The van der Waals surface area contributed by atoms with E-state index >= 15 is 0 Å². The van der Waals surface area contributed by atoms with Crippen molar-refractivity contribution in [3.8, 4) is 0 Å². The Bertz CT molecular complexity index is 791. The molecule has 30 heavy (non-hydrogen) atoms. The highest BCUT2D eigenvalue weighted by atomic mass is 19.1. The van der Waals surface area contributed by atoms with Crippen molar-refractivity contribution < 1.29 is 13.6 Å². The number of rotatable bonds is 4. The first-order chi connectivity index (χ1) is 14.3. The van der Waals surface area contributed by atoms with Crippen LogP contribution in [-0.2, 0) is 4.79 Å². The largest absolute Gasteiger partial charge is 0.367 e. The summed E-state index contributed by atoms with van der Waals surface area (Å²) in [6.45, 7) is 6.62. The maximum absolute atomic E-state index is 14.1. The fraction of sp³-hybridized carbons (Fsp3) is 0.708. The number of nitrogens with one attached hydrogen (secondary N) is 1. The fourth-order valence-electron chi connectivity index (χ4n) is 6.88. The number of halogens is 2. The van der Waals surface area contributed by atoms with Crippen molar-refractivity contribution in [2.24, 2.45) is 23.7 Å². The van der Waals surface area contributed by atoms with Gasteiger partial charge in [-0.1, -0.05) is 0 Å². The van der Waals surface area contributed by atoms with Crippen LogP contribution >= 0.6 is 0 Å². The van der Waals surface area contributed by atoms with Gasteiger partial charge in [-0.15, -0.1) is 0 Å². The molecule has 6 rings (SSSR count). The van der Waals surface area contributed by atoms with Gasteiger partial charge in [0.25, 0.3) is 0 Å². The SMILES string of the molecule is CC(C)(C(=O)NC1C2CC3CC(C2)CC1C3)N1CCN(c2ccc(F)cc2F)CC1. The van der Waals surface area contributed by atoms with E-state index in [4.69, 9.17) is 0 Å². The summed E-state index contributed by atoms with van der Waals surface area (Å²) in [4.78, 5) is 17.5. The zero-order valence-corrected chi connectivity index (χ0v) is 18.0. The Hall–Kier alpha value is -1.69. The molecule has 0 atom stereocenters. The molecular formula is C24H33F2N3O. The van der Waals surface area contributed by atoms with Crippen LogP contribution in [0.2, 0.25) is 0 Å². The molecular weight excluding hydrogens is 384 g/mol. The smallest absolute Gasteiger partial charge is 0.240 e. The van der Waals surface area contributed by atoms with Crippen LogP contribution < -0.4 is 10.2 Å². The molecule has 4 aliphatic carbocycles. The second kappa shape index (κ2) is 7.47. The van der Waals surface area contributed by atoms with Gasteiger partial charge in [-0.05, 0) is 81.8 Å². The van der Waals surface area contributed by atoms with Gasteiger partial charge in [0, 0.05) is 38.3 Å². The number of nitrogens with zero attached hydrogens (tertiary/aromatic N) is 2. The molecule has 0 unspecified atom stereocenters. The zero-order valence-electron chi connectivity index (χ0n) is 18.0. The lowest BCUT2D eigenvalue weighted by Crippen LogP contribution is -2.64. The predicted octanol–water partition coefficient (Wildman–Crippen LogP) is 3.81. The van der Waals surface area contributed by atoms with Crippen molar-refractivity contribution in [2.75, 3.05) is 31.1 Å². The second-order valence-electron chi connectivity index (χ2n) is 10.6. The molecule has 5 fully saturated rings. The molecule has 1 amide bonds. The molecule has 164 valence electrons. The number of anilines is 1. The van der Waals surface area contributed by atoms with Crippen molar-refractivity contribution in [2.45, 2.75) is 57.5 Å². The number of carbonyl (C=O) groups is 1. The minimum absolute atomic E-state index is 0.126. The molecule has 1 heterocycles. The Morgan fingerprint density at radius 2 is 1.57 bits per heavy atom. The quantitative estimate of drug-likeness (QED) is 0.809. The monoisotopic (exact) mass is 417 g/mol. The highest BCUT2D eigenvalue weighted by Gasteiger charge is 2.50. The minimum Gasteiger partial charge on any atom is -0.367 e. The van der Waals surface area contributed by atoms with Crippen molar-refractivity contribution in [3.63, 3.8) is 0 Å². The van der Waals surface area contributed by atoms with E-state index in [9.17, 15) is 13.6 Å². The van der Waals surface area contributed by atoms with Gasteiger partial charge in [0.2, 0.25) is 5.91 Å². The van der Waals surface area contributed by atoms with Gasteiger partial charge < -0.3 is 10.2 Å². The predicted molar refractivity (Wildman–Crippen MR) is 113 cm³/mol. The van der Waals surface area contributed by atoms with E-state index in [-0.39, 0.29) is 5.91 Å². The Morgan fingerprint density at radius 1 is 0.967 bits per heavy atom. The minimum atomic E-state index is -0.595. The van der Waals surface area contributed by atoms with E-state index < -0.39 is 17.2 Å². The van der Waals surface area contributed by atoms with Gasteiger partial charge in [0.05, 0.1) is 11.2 Å². The Balaban J connectivity index is 1.21. The van der Waals surface area contributed by atoms with E-state index in [1.54, 1.807) is 0 Å². The molecule has 6 heteroatoms. The van der Waals surface area contributed by atoms with Gasteiger partial charge in [-0.3, -0.25) is 9.69 Å². The molecule has 0 aromatic heterocycles. The summed E-state index contributed by atoms with van der Waals surface area (Å²) >= 11 is 0. The highest BCUT2D eigenvalue weighted by molar-refractivity contribution is 5.85. The normalized spacial score (nSPS) is 33.7. The average molecular weight is 418 g/mol. The first-order valence-corrected chi connectivity index (χ1v) is 11.6. The molecule has 0 radical (unpaired) electrons. The van der Waals surface area contributed by atoms with Crippen molar-refractivity contribution in [3.05, 3.63) is 29.8 Å². The molecule has 1 aromatic carbocycles. The summed E-state index contributed by atoms with van der Waals surface area (Å²) < 4.78 is 27.4. The van der Waals surface area contributed by atoms with Crippen LogP contribution in [0.1, 0.15) is 46.0 Å². The molecule has 1 aromatic rings. The Labute approximate surface area is 178 Å². The number of hydrogen-bond donors (Lipinski definition) is 1. The van der Waals surface area contributed by atoms with E-state index in [1.807, 2.05) is 18.7 Å². The summed E-state index contributed by atoms with van der Waals surface area (Å²) in [6, 6.07) is 4.08. The number of amides is 1. The van der Waals surface area contributed by atoms with Crippen LogP contribution in [0.25, 0.3) is 0 Å².